The van der Waals surface area contributed by atoms with Crippen LogP contribution in [0.25, 0.3) is 0 Å². The summed E-state index contributed by atoms with van der Waals surface area (Å²) in [5.41, 5.74) is 0.628. The zero-order valence-corrected chi connectivity index (χ0v) is 27.1. The number of hydrogen-bond acceptors (Lipinski definition) is 10. The SMILES string of the molecule is CC(=O)O[C@@H]1[C@@H](OC(C)=O)[C@H](SCc2ccccc2)O[C@H](COC(=O)c2ccc(Br)cc2)[C@H]1OC(=O)c1ccc(Br)cc1. The lowest BCUT2D eigenvalue weighted by molar-refractivity contribution is -0.228. The Kier molecular flexibility index (Phi) is 11.8. The van der Waals surface area contributed by atoms with Gasteiger partial charge in [0.2, 0.25) is 0 Å². The Balaban J connectivity index is 1.65. The summed E-state index contributed by atoms with van der Waals surface area (Å²) in [7, 11) is 0. The Morgan fingerprint density at radius 2 is 1.23 bits per heavy atom. The van der Waals surface area contributed by atoms with Gasteiger partial charge < -0.3 is 23.7 Å². The van der Waals surface area contributed by atoms with Crippen molar-refractivity contribution in [3.05, 3.63) is 104 Å². The zero-order chi connectivity index (χ0) is 30.9. The molecule has 1 saturated heterocycles. The molecule has 9 nitrogen and oxygen atoms in total. The highest BCUT2D eigenvalue weighted by Gasteiger charge is 2.52. The number of hydrogen-bond donors (Lipinski definition) is 0. The number of ether oxygens (including phenoxy) is 5. The number of carbonyl (C=O) groups excluding carboxylic acids is 4. The molecular formula is C31H28Br2O9S. The molecule has 0 aromatic heterocycles. The third-order valence-electron chi connectivity index (χ3n) is 6.23. The molecule has 3 aromatic rings. The van der Waals surface area contributed by atoms with Gasteiger partial charge in [0, 0.05) is 28.5 Å². The molecule has 5 atom stereocenters. The van der Waals surface area contributed by atoms with Gasteiger partial charge in [0.25, 0.3) is 0 Å². The van der Waals surface area contributed by atoms with Gasteiger partial charge in [0.15, 0.2) is 18.3 Å². The van der Waals surface area contributed by atoms with E-state index >= 15 is 0 Å². The maximum Gasteiger partial charge on any atom is 0.338 e. The van der Waals surface area contributed by atoms with Gasteiger partial charge in [-0.05, 0) is 54.1 Å². The second kappa shape index (κ2) is 15.5. The fraction of sp³-hybridized carbons (Fsp3) is 0.290. The molecule has 1 fully saturated rings. The standard InChI is InChI=1S/C31H28Br2O9S/c1-18(34)39-27-26(42-30(37)22-10-14-24(33)15-11-22)25(16-38-29(36)21-8-12-23(32)13-9-21)41-31(28(27)40-19(2)35)43-17-20-6-4-3-5-7-20/h3-15,25-28,31H,16-17H2,1-2H3/t25-,26-,27+,28-,31+/m1/s1. The number of halogens is 2. The average molecular weight is 736 g/mol. The molecule has 0 bridgehead atoms. The first-order chi connectivity index (χ1) is 20.6. The van der Waals surface area contributed by atoms with Crippen LogP contribution in [0.3, 0.4) is 0 Å². The summed E-state index contributed by atoms with van der Waals surface area (Å²) in [5, 5.41) is 0. The van der Waals surface area contributed by atoms with Gasteiger partial charge >= 0.3 is 23.9 Å². The highest BCUT2D eigenvalue weighted by Crippen LogP contribution is 2.36. The first-order valence-corrected chi connectivity index (χ1v) is 15.8. The molecule has 3 aromatic carbocycles. The molecule has 4 rings (SSSR count). The normalized spacial score (nSPS) is 21.3. The van der Waals surface area contributed by atoms with Crippen LogP contribution in [0.2, 0.25) is 0 Å². The minimum atomic E-state index is -1.30. The zero-order valence-electron chi connectivity index (χ0n) is 23.1. The maximum absolute atomic E-state index is 13.3. The Bertz CT molecular complexity index is 1420. The van der Waals surface area contributed by atoms with Crippen molar-refractivity contribution in [1.29, 1.82) is 0 Å². The highest BCUT2D eigenvalue weighted by molar-refractivity contribution is 9.10. The van der Waals surface area contributed by atoms with Crippen molar-refractivity contribution < 1.29 is 42.9 Å². The van der Waals surface area contributed by atoms with Crippen LogP contribution in [0.1, 0.15) is 40.1 Å². The molecule has 0 amide bonds. The predicted octanol–water partition coefficient (Wildman–Crippen LogP) is 6.12. The molecule has 0 radical (unpaired) electrons. The van der Waals surface area contributed by atoms with Crippen molar-refractivity contribution in [3.63, 3.8) is 0 Å². The minimum absolute atomic E-state index is 0.222. The average Bonchev–Trinajstić information content (AvgIpc) is 2.98. The van der Waals surface area contributed by atoms with Crippen molar-refractivity contribution >= 4 is 67.5 Å². The molecule has 0 unspecified atom stereocenters. The van der Waals surface area contributed by atoms with Crippen LogP contribution in [0.4, 0.5) is 0 Å². The fourth-order valence-electron chi connectivity index (χ4n) is 4.29. The Labute approximate surface area is 269 Å². The summed E-state index contributed by atoms with van der Waals surface area (Å²) in [4.78, 5) is 50.7. The van der Waals surface area contributed by atoms with E-state index in [0.717, 1.165) is 14.5 Å². The molecule has 0 N–H and O–H groups in total. The second-order valence-corrected chi connectivity index (χ2v) is 12.4. The molecule has 0 saturated carbocycles. The van der Waals surface area contributed by atoms with Crippen LogP contribution in [0.15, 0.2) is 87.8 Å². The van der Waals surface area contributed by atoms with E-state index in [0.29, 0.717) is 11.3 Å². The summed E-state index contributed by atoms with van der Waals surface area (Å²) in [5.74, 6) is -2.24. The first-order valence-electron chi connectivity index (χ1n) is 13.2. The van der Waals surface area contributed by atoms with Crippen LogP contribution in [0, 0.1) is 0 Å². The van der Waals surface area contributed by atoms with Crippen LogP contribution in [-0.2, 0) is 39.0 Å². The first kappa shape index (κ1) is 32.7. The number of carbonyl (C=O) groups is 4. The second-order valence-electron chi connectivity index (χ2n) is 9.47. The van der Waals surface area contributed by atoms with E-state index in [1.165, 1.54) is 25.6 Å². The molecule has 1 aliphatic heterocycles. The van der Waals surface area contributed by atoms with Crippen molar-refractivity contribution in [3.8, 4) is 0 Å². The lowest BCUT2D eigenvalue weighted by Crippen LogP contribution is -2.61. The number of rotatable bonds is 10. The smallest absolute Gasteiger partial charge is 0.338 e. The number of thioether (sulfide) groups is 1. The quantitative estimate of drug-likeness (QED) is 0.178. The summed E-state index contributed by atoms with van der Waals surface area (Å²) >= 11 is 7.97. The van der Waals surface area contributed by atoms with E-state index < -0.39 is 53.7 Å². The minimum Gasteiger partial charge on any atom is -0.459 e. The lowest BCUT2D eigenvalue weighted by atomic mass is 9.99. The Morgan fingerprint density at radius 3 is 1.79 bits per heavy atom. The third-order valence-corrected chi connectivity index (χ3v) is 8.50. The van der Waals surface area contributed by atoms with E-state index in [4.69, 9.17) is 23.7 Å². The maximum atomic E-state index is 13.3. The van der Waals surface area contributed by atoms with E-state index in [2.05, 4.69) is 31.9 Å². The molecule has 1 heterocycles. The molecule has 1 aliphatic rings. The summed E-state index contributed by atoms with van der Waals surface area (Å²) < 4.78 is 30.6. The molecule has 226 valence electrons. The number of esters is 4. The van der Waals surface area contributed by atoms with E-state index in [1.807, 2.05) is 30.3 Å². The fourth-order valence-corrected chi connectivity index (χ4v) is 5.99. The van der Waals surface area contributed by atoms with Gasteiger partial charge in [0.1, 0.15) is 18.1 Å². The van der Waals surface area contributed by atoms with Gasteiger partial charge in [-0.25, -0.2) is 9.59 Å². The Hall–Kier alpha value is -3.19. The van der Waals surface area contributed by atoms with E-state index in [-0.39, 0.29) is 12.2 Å². The highest BCUT2D eigenvalue weighted by atomic mass is 79.9. The van der Waals surface area contributed by atoms with E-state index in [1.54, 1.807) is 48.5 Å². The largest absolute Gasteiger partial charge is 0.459 e. The molecule has 0 spiro atoms. The van der Waals surface area contributed by atoms with Gasteiger partial charge in [0.05, 0.1) is 11.1 Å². The topological polar surface area (TPSA) is 114 Å². The summed E-state index contributed by atoms with van der Waals surface area (Å²) in [6.45, 7) is 2.07. The lowest BCUT2D eigenvalue weighted by Gasteiger charge is -2.44. The monoisotopic (exact) mass is 734 g/mol. The predicted molar refractivity (Wildman–Crippen MR) is 165 cm³/mol. The van der Waals surface area contributed by atoms with Crippen molar-refractivity contribution in [2.24, 2.45) is 0 Å². The van der Waals surface area contributed by atoms with Crippen molar-refractivity contribution in [2.75, 3.05) is 6.61 Å². The van der Waals surface area contributed by atoms with Gasteiger partial charge in [-0.2, -0.15) is 0 Å². The van der Waals surface area contributed by atoms with Gasteiger partial charge in [-0.15, -0.1) is 11.8 Å². The summed E-state index contributed by atoms with van der Waals surface area (Å²) in [6, 6.07) is 22.6. The molecular weight excluding hydrogens is 708 g/mol. The molecule has 12 heteroatoms. The number of benzene rings is 3. The van der Waals surface area contributed by atoms with Crippen molar-refractivity contribution in [2.45, 2.75) is 49.5 Å². The van der Waals surface area contributed by atoms with Crippen LogP contribution < -0.4 is 0 Å². The summed E-state index contributed by atoms with van der Waals surface area (Å²) in [6.07, 6.45) is -4.78. The van der Waals surface area contributed by atoms with Crippen LogP contribution >= 0.6 is 43.6 Å². The molecule has 43 heavy (non-hydrogen) atoms. The third kappa shape index (κ3) is 9.40. The van der Waals surface area contributed by atoms with Crippen molar-refractivity contribution in [1.82, 2.24) is 0 Å². The van der Waals surface area contributed by atoms with Gasteiger partial charge in [-0.1, -0.05) is 62.2 Å². The Morgan fingerprint density at radius 1 is 0.698 bits per heavy atom. The van der Waals surface area contributed by atoms with Crippen LogP contribution in [0.5, 0.6) is 0 Å². The van der Waals surface area contributed by atoms with E-state index in [9.17, 15) is 19.2 Å². The van der Waals surface area contributed by atoms with Gasteiger partial charge in [-0.3, -0.25) is 9.59 Å². The molecule has 0 aliphatic carbocycles. The van der Waals surface area contributed by atoms with Crippen LogP contribution in [-0.4, -0.2) is 60.3 Å².